The van der Waals surface area contributed by atoms with Gasteiger partial charge in [-0.1, -0.05) is 34.1 Å². The molecule has 0 bridgehead atoms. The molecule has 2 unspecified atom stereocenters. The van der Waals surface area contributed by atoms with E-state index < -0.39 is 18.2 Å². The number of esters is 1. The molecule has 0 spiro atoms. The number of benzene rings is 1. The topological polar surface area (TPSA) is 55.8 Å². The standard InChI is InChI=1S/C12H11BrO4/c1-16-9-6-10(14)17-12(9)11(15)7-4-2-3-5-8(7)13/h2-6,11-12,15H,1H3. The molecule has 0 amide bonds. The van der Waals surface area contributed by atoms with Gasteiger partial charge in [-0.15, -0.1) is 0 Å². The van der Waals surface area contributed by atoms with Crippen LogP contribution in [-0.2, 0) is 14.3 Å². The van der Waals surface area contributed by atoms with Crippen LogP contribution in [0.3, 0.4) is 0 Å². The third-order valence-electron chi connectivity index (χ3n) is 2.53. The molecule has 5 heteroatoms. The molecule has 1 aromatic carbocycles. The van der Waals surface area contributed by atoms with Gasteiger partial charge in [0.05, 0.1) is 13.2 Å². The lowest BCUT2D eigenvalue weighted by molar-refractivity contribution is -0.144. The third kappa shape index (κ3) is 2.35. The number of cyclic esters (lactones) is 1. The maximum atomic E-state index is 11.1. The Hall–Kier alpha value is -1.33. The molecule has 1 aliphatic rings. The highest BCUT2D eigenvalue weighted by atomic mass is 79.9. The summed E-state index contributed by atoms with van der Waals surface area (Å²) in [6, 6.07) is 7.21. The number of rotatable bonds is 3. The third-order valence-corrected chi connectivity index (χ3v) is 3.25. The Kier molecular flexibility index (Phi) is 3.49. The fourth-order valence-electron chi connectivity index (χ4n) is 1.69. The quantitative estimate of drug-likeness (QED) is 0.867. The van der Waals surface area contributed by atoms with Gasteiger partial charge >= 0.3 is 5.97 Å². The summed E-state index contributed by atoms with van der Waals surface area (Å²) in [5.41, 5.74) is 0.648. The van der Waals surface area contributed by atoms with Crippen LogP contribution in [0.15, 0.2) is 40.6 Å². The van der Waals surface area contributed by atoms with Gasteiger partial charge in [0.25, 0.3) is 0 Å². The molecule has 0 saturated heterocycles. The highest BCUT2D eigenvalue weighted by Crippen LogP contribution is 2.32. The average Bonchev–Trinajstić information content (AvgIpc) is 2.70. The minimum Gasteiger partial charge on any atom is -0.497 e. The van der Waals surface area contributed by atoms with Crippen LogP contribution in [0.1, 0.15) is 11.7 Å². The predicted molar refractivity (Wildman–Crippen MR) is 64.1 cm³/mol. The van der Waals surface area contributed by atoms with E-state index in [0.29, 0.717) is 11.3 Å². The van der Waals surface area contributed by atoms with Crippen LogP contribution in [-0.4, -0.2) is 24.3 Å². The molecule has 1 aliphatic heterocycles. The molecule has 0 saturated carbocycles. The van der Waals surface area contributed by atoms with Crippen LogP contribution >= 0.6 is 15.9 Å². The first kappa shape index (κ1) is 12.1. The molecule has 1 heterocycles. The van der Waals surface area contributed by atoms with Crippen molar-refractivity contribution in [2.45, 2.75) is 12.2 Å². The maximum Gasteiger partial charge on any atom is 0.335 e. The van der Waals surface area contributed by atoms with Crippen LogP contribution in [0, 0.1) is 0 Å². The number of halogens is 1. The second kappa shape index (κ2) is 4.89. The molecule has 90 valence electrons. The van der Waals surface area contributed by atoms with E-state index in [4.69, 9.17) is 9.47 Å². The van der Waals surface area contributed by atoms with Crippen LogP contribution in [0.5, 0.6) is 0 Å². The second-order valence-electron chi connectivity index (χ2n) is 3.57. The highest BCUT2D eigenvalue weighted by molar-refractivity contribution is 9.10. The summed E-state index contributed by atoms with van der Waals surface area (Å²) in [6.45, 7) is 0. The number of carbonyl (C=O) groups is 1. The predicted octanol–water partition coefficient (Wildman–Crippen LogP) is 1.94. The molecule has 2 atom stereocenters. The molecule has 0 radical (unpaired) electrons. The molecule has 0 aliphatic carbocycles. The van der Waals surface area contributed by atoms with E-state index in [9.17, 15) is 9.90 Å². The SMILES string of the molecule is COC1=CC(=O)OC1C(O)c1ccccc1Br. The Bertz CT molecular complexity index is 469. The Morgan fingerprint density at radius 3 is 2.82 bits per heavy atom. The van der Waals surface area contributed by atoms with Gasteiger partial charge in [-0.25, -0.2) is 4.79 Å². The van der Waals surface area contributed by atoms with Crippen molar-refractivity contribution in [3.8, 4) is 0 Å². The zero-order valence-corrected chi connectivity index (χ0v) is 10.7. The minimum absolute atomic E-state index is 0.332. The van der Waals surface area contributed by atoms with Gasteiger partial charge in [0.15, 0.2) is 6.10 Å². The molecule has 2 rings (SSSR count). The van der Waals surface area contributed by atoms with Crippen molar-refractivity contribution in [2.24, 2.45) is 0 Å². The van der Waals surface area contributed by atoms with E-state index in [0.717, 1.165) is 4.47 Å². The molecular formula is C12H11BrO4. The van der Waals surface area contributed by atoms with E-state index >= 15 is 0 Å². The zero-order valence-electron chi connectivity index (χ0n) is 9.09. The minimum atomic E-state index is -0.955. The van der Waals surface area contributed by atoms with Crippen molar-refractivity contribution >= 4 is 21.9 Å². The van der Waals surface area contributed by atoms with Gasteiger partial charge in [-0.05, 0) is 11.6 Å². The van der Waals surface area contributed by atoms with Crippen molar-refractivity contribution in [2.75, 3.05) is 7.11 Å². The van der Waals surface area contributed by atoms with Gasteiger partial charge in [0.1, 0.15) is 11.9 Å². The van der Waals surface area contributed by atoms with Crippen LogP contribution in [0.2, 0.25) is 0 Å². The van der Waals surface area contributed by atoms with Crippen molar-refractivity contribution in [1.82, 2.24) is 0 Å². The van der Waals surface area contributed by atoms with Crippen LogP contribution < -0.4 is 0 Å². The number of aliphatic hydroxyl groups is 1. The van der Waals surface area contributed by atoms with Gasteiger partial charge in [0.2, 0.25) is 0 Å². The molecule has 0 aromatic heterocycles. The number of hydrogen-bond donors (Lipinski definition) is 1. The van der Waals surface area contributed by atoms with Gasteiger partial charge in [-0.3, -0.25) is 0 Å². The number of carbonyl (C=O) groups excluding carboxylic acids is 1. The molecular weight excluding hydrogens is 288 g/mol. The van der Waals surface area contributed by atoms with E-state index in [1.54, 1.807) is 12.1 Å². The molecule has 17 heavy (non-hydrogen) atoms. The van der Waals surface area contributed by atoms with Crippen molar-refractivity contribution in [3.63, 3.8) is 0 Å². The number of hydrogen-bond acceptors (Lipinski definition) is 4. The summed E-state index contributed by atoms with van der Waals surface area (Å²) in [5.74, 6) is -0.170. The second-order valence-corrected chi connectivity index (χ2v) is 4.43. The van der Waals surface area contributed by atoms with E-state index in [-0.39, 0.29) is 0 Å². The van der Waals surface area contributed by atoms with Crippen LogP contribution in [0.4, 0.5) is 0 Å². The lowest BCUT2D eigenvalue weighted by Crippen LogP contribution is -2.22. The molecule has 4 nitrogen and oxygen atoms in total. The number of ether oxygens (including phenoxy) is 2. The lowest BCUT2D eigenvalue weighted by Gasteiger charge is -2.20. The number of aliphatic hydroxyl groups excluding tert-OH is 1. The Balaban J connectivity index is 2.27. The van der Waals surface area contributed by atoms with E-state index in [1.165, 1.54) is 13.2 Å². The fraction of sp³-hybridized carbons (Fsp3) is 0.250. The summed E-state index contributed by atoms with van der Waals surface area (Å²) < 4.78 is 10.8. The van der Waals surface area contributed by atoms with Crippen LogP contribution in [0.25, 0.3) is 0 Å². The monoisotopic (exact) mass is 298 g/mol. The van der Waals surface area contributed by atoms with Crippen molar-refractivity contribution < 1.29 is 19.4 Å². The first-order valence-corrected chi connectivity index (χ1v) is 5.81. The normalized spacial score (nSPS) is 20.8. The lowest BCUT2D eigenvalue weighted by atomic mass is 10.0. The zero-order chi connectivity index (χ0) is 12.4. The van der Waals surface area contributed by atoms with Gasteiger partial charge in [0, 0.05) is 4.47 Å². The largest absolute Gasteiger partial charge is 0.497 e. The Morgan fingerprint density at radius 2 is 2.18 bits per heavy atom. The molecule has 0 fully saturated rings. The fourth-order valence-corrected chi connectivity index (χ4v) is 2.21. The van der Waals surface area contributed by atoms with Gasteiger partial charge in [-0.2, -0.15) is 0 Å². The Morgan fingerprint density at radius 1 is 1.47 bits per heavy atom. The molecule has 1 N–H and O–H groups in total. The average molecular weight is 299 g/mol. The van der Waals surface area contributed by atoms with Crippen molar-refractivity contribution in [1.29, 1.82) is 0 Å². The molecule has 1 aromatic rings. The summed E-state index contributed by atoms with van der Waals surface area (Å²) in [4.78, 5) is 11.1. The first-order chi connectivity index (χ1) is 8.13. The summed E-state index contributed by atoms with van der Waals surface area (Å²) >= 11 is 3.34. The Labute approximate surface area is 107 Å². The number of methoxy groups -OCH3 is 1. The summed E-state index contributed by atoms with van der Waals surface area (Å²) in [6.07, 6.45) is -0.500. The van der Waals surface area contributed by atoms with E-state index in [1.807, 2.05) is 12.1 Å². The van der Waals surface area contributed by atoms with Gasteiger partial charge < -0.3 is 14.6 Å². The highest BCUT2D eigenvalue weighted by Gasteiger charge is 2.35. The summed E-state index contributed by atoms with van der Waals surface area (Å²) in [5, 5.41) is 10.2. The van der Waals surface area contributed by atoms with Crippen molar-refractivity contribution in [3.05, 3.63) is 46.1 Å². The van der Waals surface area contributed by atoms with E-state index in [2.05, 4.69) is 15.9 Å². The summed E-state index contributed by atoms with van der Waals surface area (Å²) in [7, 11) is 1.44. The first-order valence-electron chi connectivity index (χ1n) is 5.02. The maximum absolute atomic E-state index is 11.1. The smallest absolute Gasteiger partial charge is 0.335 e.